The molecule has 1 N–H and O–H groups in total. The fourth-order valence-electron chi connectivity index (χ4n) is 3.25. The van der Waals surface area contributed by atoms with Crippen molar-refractivity contribution in [3.05, 3.63) is 82.3 Å². The summed E-state index contributed by atoms with van der Waals surface area (Å²) in [6.45, 7) is 0.522. The van der Waals surface area contributed by atoms with Gasteiger partial charge in [-0.3, -0.25) is 4.79 Å². The number of carbonyl (C=O) groups excluding carboxylic acids is 1. The highest BCUT2D eigenvalue weighted by Gasteiger charge is 2.32. The number of aromatic nitrogens is 2. The first kappa shape index (κ1) is 15.8. The Morgan fingerprint density at radius 3 is 2.76 bits per heavy atom. The van der Waals surface area contributed by atoms with Crippen LogP contribution in [0, 0.1) is 5.82 Å². The van der Waals surface area contributed by atoms with Gasteiger partial charge in [-0.2, -0.15) is 5.10 Å². The van der Waals surface area contributed by atoms with Crippen molar-refractivity contribution in [1.29, 1.82) is 0 Å². The Bertz CT molecular complexity index is 919. The average molecular weight is 356 g/mol. The average Bonchev–Trinajstić information content (AvgIpc) is 2.98. The standard InChI is InChI=1S/C19H15ClFN3O/c20-15-7-4-8-16(21)18(15)13-9-17(25)23-19-14(13)10-22-24(19)11-12-5-2-1-3-6-12/h1-8,10,13H,9,11H2,(H,23,25)/t13-/m1/s1. The molecule has 1 amide bonds. The molecule has 0 aliphatic carbocycles. The first-order valence-electron chi connectivity index (χ1n) is 7.97. The summed E-state index contributed by atoms with van der Waals surface area (Å²) < 4.78 is 16.1. The molecule has 6 heteroatoms. The van der Waals surface area contributed by atoms with Crippen molar-refractivity contribution in [3.63, 3.8) is 0 Å². The van der Waals surface area contributed by atoms with E-state index in [1.807, 2.05) is 30.3 Å². The van der Waals surface area contributed by atoms with E-state index >= 15 is 0 Å². The summed E-state index contributed by atoms with van der Waals surface area (Å²) in [4.78, 5) is 12.2. The van der Waals surface area contributed by atoms with E-state index in [1.54, 1.807) is 23.0 Å². The molecule has 0 bridgehead atoms. The number of nitrogens with zero attached hydrogens (tertiary/aromatic N) is 2. The molecule has 1 aliphatic rings. The fraction of sp³-hybridized carbons (Fsp3) is 0.158. The summed E-state index contributed by atoms with van der Waals surface area (Å²) in [6.07, 6.45) is 1.83. The first-order chi connectivity index (χ1) is 12.1. The smallest absolute Gasteiger partial charge is 0.226 e. The van der Waals surface area contributed by atoms with Gasteiger partial charge in [-0.05, 0) is 17.7 Å². The number of amides is 1. The zero-order chi connectivity index (χ0) is 17.4. The molecule has 3 aromatic rings. The molecular formula is C19H15ClFN3O. The minimum absolute atomic E-state index is 0.144. The van der Waals surface area contributed by atoms with Gasteiger partial charge in [0.2, 0.25) is 5.91 Å². The first-order valence-corrected chi connectivity index (χ1v) is 8.34. The van der Waals surface area contributed by atoms with Crippen LogP contribution in [-0.2, 0) is 11.3 Å². The molecule has 126 valence electrons. The van der Waals surface area contributed by atoms with Crippen molar-refractivity contribution in [3.8, 4) is 0 Å². The second-order valence-electron chi connectivity index (χ2n) is 6.03. The van der Waals surface area contributed by atoms with Crippen molar-refractivity contribution < 1.29 is 9.18 Å². The van der Waals surface area contributed by atoms with Gasteiger partial charge in [-0.15, -0.1) is 0 Å². The highest BCUT2D eigenvalue weighted by atomic mass is 35.5. The number of halogens is 2. The second-order valence-corrected chi connectivity index (χ2v) is 6.44. The van der Waals surface area contributed by atoms with Crippen LogP contribution in [0.4, 0.5) is 10.2 Å². The largest absolute Gasteiger partial charge is 0.311 e. The lowest BCUT2D eigenvalue weighted by Gasteiger charge is -2.24. The highest BCUT2D eigenvalue weighted by Crippen LogP contribution is 2.40. The molecular weight excluding hydrogens is 341 g/mol. The molecule has 2 heterocycles. The number of nitrogens with one attached hydrogen (secondary N) is 1. The maximum absolute atomic E-state index is 14.4. The van der Waals surface area contributed by atoms with Gasteiger partial charge in [0.15, 0.2) is 0 Å². The minimum atomic E-state index is -0.443. The SMILES string of the molecule is O=C1C[C@@H](c2c(F)cccc2Cl)c2cnn(Cc3ccccc3)c2N1. The van der Waals surface area contributed by atoms with Gasteiger partial charge in [0.05, 0.1) is 12.7 Å². The molecule has 0 unspecified atom stereocenters. The number of rotatable bonds is 3. The molecule has 4 nitrogen and oxygen atoms in total. The fourth-order valence-corrected chi connectivity index (χ4v) is 3.54. The van der Waals surface area contributed by atoms with E-state index in [9.17, 15) is 9.18 Å². The molecule has 0 fully saturated rings. The molecule has 25 heavy (non-hydrogen) atoms. The van der Waals surface area contributed by atoms with Crippen LogP contribution < -0.4 is 5.32 Å². The van der Waals surface area contributed by atoms with Gasteiger partial charge in [-0.1, -0.05) is 48.0 Å². The normalized spacial score (nSPS) is 16.4. The van der Waals surface area contributed by atoms with E-state index in [2.05, 4.69) is 10.4 Å². The lowest BCUT2D eigenvalue weighted by atomic mass is 9.87. The molecule has 0 radical (unpaired) electrons. The van der Waals surface area contributed by atoms with Crippen LogP contribution >= 0.6 is 11.6 Å². The van der Waals surface area contributed by atoms with E-state index in [0.29, 0.717) is 22.9 Å². The summed E-state index contributed by atoms with van der Waals surface area (Å²) >= 11 is 6.21. The predicted octanol–water partition coefficient (Wildman–Crippen LogP) is 4.20. The van der Waals surface area contributed by atoms with Gasteiger partial charge in [-0.25, -0.2) is 9.07 Å². The van der Waals surface area contributed by atoms with Crippen LogP contribution in [0.15, 0.2) is 54.7 Å². The van der Waals surface area contributed by atoms with E-state index < -0.39 is 11.7 Å². The van der Waals surface area contributed by atoms with Crippen molar-refractivity contribution in [1.82, 2.24) is 9.78 Å². The summed E-state index contributed by atoms with van der Waals surface area (Å²) in [5, 5.41) is 7.58. The lowest BCUT2D eigenvalue weighted by molar-refractivity contribution is -0.116. The van der Waals surface area contributed by atoms with Crippen molar-refractivity contribution in [2.75, 3.05) is 5.32 Å². The van der Waals surface area contributed by atoms with Gasteiger partial charge in [0.1, 0.15) is 11.6 Å². The maximum atomic E-state index is 14.4. The number of hydrogen-bond acceptors (Lipinski definition) is 2. The van der Waals surface area contributed by atoms with Gasteiger partial charge < -0.3 is 5.32 Å². The molecule has 4 rings (SSSR count). The maximum Gasteiger partial charge on any atom is 0.226 e. The van der Waals surface area contributed by atoms with Crippen LogP contribution in [-0.4, -0.2) is 15.7 Å². The Morgan fingerprint density at radius 1 is 1.20 bits per heavy atom. The van der Waals surface area contributed by atoms with Crippen LogP contribution in [0.2, 0.25) is 5.02 Å². The van der Waals surface area contributed by atoms with E-state index in [1.165, 1.54) is 6.07 Å². The third-order valence-electron chi connectivity index (χ3n) is 4.41. The Morgan fingerprint density at radius 2 is 2.00 bits per heavy atom. The minimum Gasteiger partial charge on any atom is -0.311 e. The summed E-state index contributed by atoms with van der Waals surface area (Å²) in [5.74, 6) is -0.424. The van der Waals surface area contributed by atoms with Gasteiger partial charge in [0, 0.05) is 28.5 Å². The van der Waals surface area contributed by atoms with Crippen molar-refractivity contribution in [2.45, 2.75) is 18.9 Å². The second kappa shape index (κ2) is 6.33. The molecule has 2 aromatic carbocycles. The van der Waals surface area contributed by atoms with Gasteiger partial charge in [0.25, 0.3) is 0 Å². The summed E-state index contributed by atoms with van der Waals surface area (Å²) in [6, 6.07) is 14.4. The quantitative estimate of drug-likeness (QED) is 0.765. The molecule has 1 aromatic heterocycles. The number of fused-ring (bicyclic) bond motifs is 1. The third-order valence-corrected chi connectivity index (χ3v) is 4.74. The third kappa shape index (κ3) is 2.91. The highest BCUT2D eigenvalue weighted by molar-refractivity contribution is 6.31. The Labute approximate surface area is 149 Å². The molecule has 0 saturated carbocycles. The Kier molecular flexibility index (Phi) is 4.01. The number of carbonyl (C=O) groups is 1. The number of anilines is 1. The number of hydrogen-bond donors (Lipinski definition) is 1. The Hall–Kier alpha value is -2.66. The van der Waals surface area contributed by atoms with Crippen molar-refractivity contribution in [2.24, 2.45) is 0 Å². The summed E-state index contributed by atoms with van der Waals surface area (Å²) in [5.41, 5.74) is 2.19. The Balaban J connectivity index is 1.77. The predicted molar refractivity (Wildman–Crippen MR) is 94.3 cm³/mol. The van der Waals surface area contributed by atoms with Crippen LogP contribution in [0.5, 0.6) is 0 Å². The molecule has 1 atom stereocenters. The zero-order valence-corrected chi connectivity index (χ0v) is 14.0. The van der Waals surface area contributed by atoms with Crippen LogP contribution in [0.1, 0.15) is 29.0 Å². The zero-order valence-electron chi connectivity index (χ0n) is 13.2. The lowest BCUT2D eigenvalue weighted by Crippen LogP contribution is -2.25. The van der Waals surface area contributed by atoms with E-state index in [0.717, 1.165) is 11.1 Å². The van der Waals surface area contributed by atoms with Gasteiger partial charge >= 0.3 is 0 Å². The molecule has 1 aliphatic heterocycles. The number of benzene rings is 2. The monoisotopic (exact) mass is 355 g/mol. The molecule has 0 saturated heterocycles. The van der Waals surface area contributed by atoms with Crippen LogP contribution in [0.25, 0.3) is 0 Å². The summed E-state index contributed by atoms with van der Waals surface area (Å²) in [7, 11) is 0. The van der Waals surface area contributed by atoms with E-state index in [-0.39, 0.29) is 12.3 Å². The van der Waals surface area contributed by atoms with Crippen LogP contribution in [0.3, 0.4) is 0 Å². The molecule has 0 spiro atoms. The van der Waals surface area contributed by atoms with E-state index in [4.69, 9.17) is 11.6 Å². The topological polar surface area (TPSA) is 46.9 Å². The van der Waals surface area contributed by atoms with Crippen molar-refractivity contribution >= 4 is 23.3 Å².